The van der Waals surface area contributed by atoms with Gasteiger partial charge in [-0.25, -0.2) is 4.39 Å². The largest absolute Gasteiger partial charge is 0.382 e. The summed E-state index contributed by atoms with van der Waals surface area (Å²) in [5.74, 6) is -0.942. The van der Waals surface area contributed by atoms with Crippen molar-refractivity contribution in [2.75, 3.05) is 4.72 Å². The molecule has 1 aliphatic heterocycles. The van der Waals surface area contributed by atoms with Gasteiger partial charge in [0.05, 0.1) is 11.3 Å². The molecule has 0 aliphatic carbocycles. The number of rotatable bonds is 0. The molecule has 1 aliphatic rings. The van der Waals surface area contributed by atoms with Gasteiger partial charge in [0.25, 0.3) is 0 Å². The number of anilines is 1. The molecule has 1 aromatic rings. The first kappa shape index (κ1) is 8.95. The number of benzene rings is 1. The van der Waals surface area contributed by atoms with Crippen LogP contribution in [-0.4, -0.2) is 14.3 Å². The summed E-state index contributed by atoms with van der Waals surface area (Å²) >= 11 is 0. The lowest BCUT2D eigenvalue weighted by Gasteiger charge is -2.15. The number of hydrogen-bond acceptors (Lipinski definition) is 3. The van der Waals surface area contributed by atoms with Crippen molar-refractivity contribution in [3.63, 3.8) is 0 Å². The van der Waals surface area contributed by atoms with E-state index < -0.39 is 16.0 Å². The molecule has 0 amide bonds. The molecule has 1 heterocycles. The minimum atomic E-state index is -3.82. The summed E-state index contributed by atoms with van der Waals surface area (Å²) in [6.45, 7) is 0. The summed E-state index contributed by atoms with van der Waals surface area (Å²) in [5.41, 5.74) is 5.41. The molecule has 0 fully saturated rings. The summed E-state index contributed by atoms with van der Waals surface area (Å²) in [5, 5.41) is 0. The van der Waals surface area contributed by atoms with Crippen LogP contribution in [0.1, 0.15) is 5.56 Å². The van der Waals surface area contributed by atoms with Gasteiger partial charge in [-0.3, -0.25) is 4.72 Å². The summed E-state index contributed by atoms with van der Waals surface area (Å²) in [6.07, 6.45) is 0. The van der Waals surface area contributed by atoms with Gasteiger partial charge in [-0.2, -0.15) is 8.42 Å². The molecule has 0 saturated carbocycles. The Morgan fingerprint density at radius 1 is 1.43 bits per heavy atom. The van der Waals surface area contributed by atoms with E-state index in [1.165, 1.54) is 18.2 Å². The molecule has 0 atom stereocenters. The highest BCUT2D eigenvalue weighted by Gasteiger charge is 2.23. The lowest BCUT2D eigenvalue weighted by Crippen LogP contribution is -2.27. The molecular formula is C7H6FN3O2S. The van der Waals surface area contributed by atoms with Gasteiger partial charge in [-0.05, 0) is 12.1 Å². The number of fused-ring (bicyclic) bond motifs is 1. The third-order valence-corrected chi connectivity index (χ3v) is 2.64. The molecular weight excluding hydrogens is 209 g/mol. The summed E-state index contributed by atoms with van der Waals surface area (Å²) < 4.78 is 40.5. The molecule has 1 aromatic carbocycles. The van der Waals surface area contributed by atoms with E-state index in [0.29, 0.717) is 0 Å². The highest BCUT2D eigenvalue weighted by atomic mass is 32.2. The van der Waals surface area contributed by atoms with Gasteiger partial charge < -0.3 is 5.73 Å². The minimum absolute atomic E-state index is 0.0117. The average molecular weight is 215 g/mol. The van der Waals surface area contributed by atoms with Crippen molar-refractivity contribution < 1.29 is 12.8 Å². The van der Waals surface area contributed by atoms with Gasteiger partial charge in [0.15, 0.2) is 5.84 Å². The van der Waals surface area contributed by atoms with Gasteiger partial charge in [0.2, 0.25) is 0 Å². The monoisotopic (exact) mass is 215 g/mol. The van der Waals surface area contributed by atoms with Gasteiger partial charge in [-0.15, -0.1) is 4.40 Å². The van der Waals surface area contributed by atoms with Crippen molar-refractivity contribution in [1.29, 1.82) is 0 Å². The Kier molecular flexibility index (Phi) is 1.71. The summed E-state index contributed by atoms with van der Waals surface area (Å²) in [7, 11) is -3.82. The quantitative estimate of drug-likeness (QED) is 0.648. The van der Waals surface area contributed by atoms with Crippen molar-refractivity contribution in [3.05, 3.63) is 29.6 Å². The maximum absolute atomic E-state index is 13.2. The zero-order chi connectivity index (χ0) is 10.3. The first-order chi connectivity index (χ1) is 6.49. The van der Waals surface area contributed by atoms with Crippen LogP contribution in [0, 0.1) is 5.82 Å². The van der Waals surface area contributed by atoms with Crippen LogP contribution in [0.4, 0.5) is 10.1 Å². The van der Waals surface area contributed by atoms with Crippen LogP contribution in [0.2, 0.25) is 0 Å². The van der Waals surface area contributed by atoms with Crippen molar-refractivity contribution in [2.45, 2.75) is 0 Å². The second-order valence-corrected chi connectivity index (χ2v) is 4.05. The SMILES string of the molecule is NC1=NS(=O)(=O)Nc2cccc(F)c21. The van der Waals surface area contributed by atoms with E-state index in [-0.39, 0.29) is 17.1 Å². The predicted octanol–water partition coefficient (Wildman–Crippen LogP) is 0.201. The Bertz CT molecular complexity index is 524. The molecule has 0 spiro atoms. The topological polar surface area (TPSA) is 84.5 Å². The molecule has 0 aromatic heterocycles. The minimum Gasteiger partial charge on any atom is -0.382 e. The Hall–Kier alpha value is -1.63. The molecule has 0 unspecified atom stereocenters. The van der Waals surface area contributed by atoms with E-state index in [9.17, 15) is 12.8 Å². The van der Waals surface area contributed by atoms with Crippen LogP contribution in [0.3, 0.4) is 0 Å². The fourth-order valence-corrected chi connectivity index (χ4v) is 2.05. The van der Waals surface area contributed by atoms with Crippen molar-refractivity contribution in [1.82, 2.24) is 0 Å². The molecule has 0 bridgehead atoms. The summed E-state index contributed by atoms with van der Waals surface area (Å²) in [4.78, 5) is 0. The van der Waals surface area contributed by atoms with E-state index in [2.05, 4.69) is 9.12 Å². The molecule has 3 N–H and O–H groups in total. The first-order valence-electron chi connectivity index (χ1n) is 3.67. The molecule has 14 heavy (non-hydrogen) atoms. The van der Waals surface area contributed by atoms with Gasteiger partial charge >= 0.3 is 10.2 Å². The molecule has 0 radical (unpaired) electrons. The van der Waals surface area contributed by atoms with E-state index in [1.54, 1.807) is 0 Å². The Balaban J connectivity index is 2.74. The Morgan fingerprint density at radius 2 is 2.14 bits per heavy atom. The van der Waals surface area contributed by atoms with Gasteiger partial charge in [0, 0.05) is 0 Å². The van der Waals surface area contributed by atoms with Crippen molar-refractivity contribution in [2.24, 2.45) is 10.1 Å². The third-order valence-electron chi connectivity index (χ3n) is 1.73. The van der Waals surface area contributed by atoms with Crippen LogP contribution >= 0.6 is 0 Å². The average Bonchev–Trinajstić information content (AvgIpc) is 2.00. The van der Waals surface area contributed by atoms with E-state index in [4.69, 9.17) is 5.73 Å². The fraction of sp³-hybridized carbons (Fsp3) is 0. The Morgan fingerprint density at radius 3 is 2.86 bits per heavy atom. The van der Waals surface area contributed by atoms with Gasteiger partial charge in [0.1, 0.15) is 5.82 Å². The second kappa shape index (κ2) is 2.68. The highest BCUT2D eigenvalue weighted by molar-refractivity contribution is 7.91. The standard InChI is InChI=1S/C7H6FN3O2S/c8-4-2-1-3-5-6(4)7(9)11-14(12,13)10-5/h1-3,10H,(H2,9,11). The molecule has 74 valence electrons. The van der Waals surface area contributed by atoms with E-state index in [0.717, 1.165) is 0 Å². The highest BCUT2D eigenvalue weighted by Crippen LogP contribution is 2.23. The van der Waals surface area contributed by atoms with E-state index >= 15 is 0 Å². The van der Waals surface area contributed by atoms with Crippen LogP contribution < -0.4 is 10.5 Å². The molecule has 2 rings (SSSR count). The predicted molar refractivity (Wildman–Crippen MR) is 49.7 cm³/mol. The van der Waals surface area contributed by atoms with Crippen LogP contribution in [0.25, 0.3) is 0 Å². The first-order valence-corrected chi connectivity index (χ1v) is 5.11. The van der Waals surface area contributed by atoms with Crippen molar-refractivity contribution >= 4 is 21.7 Å². The molecule has 0 saturated heterocycles. The van der Waals surface area contributed by atoms with Crippen LogP contribution in [0.15, 0.2) is 22.6 Å². The lowest BCUT2D eigenvalue weighted by atomic mass is 10.1. The fourth-order valence-electron chi connectivity index (χ4n) is 1.21. The third kappa shape index (κ3) is 1.31. The maximum atomic E-state index is 13.2. The normalized spacial score (nSPS) is 17.9. The lowest BCUT2D eigenvalue weighted by molar-refractivity contribution is 0.601. The van der Waals surface area contributed by atoms with Crippen LogP contribution in [-0.2, 0) is 10.2 Å². The second-order valence-electron chi connectivity index (χ2n) is 2.72. The zero-order valence-corrected chi connectivity index (χ0v) is 7.68. The number of halogens is 1. The zero-order valence-electron chi connectivity index (χ0n) is 6.86. The van der Waals surface area contributed by atoms with E-state index in [1.807, 2.05) is 0 Å². The molecule has 5 nitrogen and oxygen atoms in total. The maximum Gasteiger partial charge on any atom is 0.344 e. The van der Waals surface area contributed by atoms with Crippen molar-refractivity contribution in [3.8, 4) is 0 Å². The van der Waals surface area contributed by atoms with Gasteiger partial charge in [-0.1, -0.05) is 6.07 Å². The van der Waals surface area contributed by atoms with Crippen LogP contribution in [0.5, 0.6) is 0 Å². The number of nitrogens with zero attached hydrogens (tertiary/aromatic N) is 1. The number of amidine groups is 1. The summed E-state index contributed by atoms with van der Waals surface area (Å²) in [6, 6.07) is 3.98. The number of nitrogens with two attached hydrogens (primary N) is 1. The number of hydrogen-bond donors (Lipinski definition) is 2. The smallest absolute Gasteiger partial charge is 0.344 e. The molecule has 7 heteroatoms. The Labute approximate surface area is 79.6 Å². The number of nitrogens with one attached hydrogen (secondary N) is 1.